The van der Waals surface area contributed by atoms with Gasteiger partial charge in [-0.15, -0.1) is 0 Å². The zero-order chi connectivity index (χ0) is 10.8. The van der Waals surface area contributed by atoms with E-state index in [0.717, 1.165) is 29.5 Å². The summed E-state index contributed by atoms with van der Waals surface area (Å²) in [7, 11) is 1.40. The molecule has 80 valence electrons. The molecule has 1 heterocycles. The Morgan fingerprint density at radius 1 is 1.53 bits per heavy atom. The van der Waals surface area contributed by atoms with Crippen LogP contribution in [0, 0.1) is 0 Å². The molecule has 0 radical (unpaired) electrons. The largest absolute Gasteiger partial charge is 0.465 e. The first-order valence-electron chi connectivity index (χ1n) is 4.87. The van der Waals surface area contributed by atoms with Crippen molar-refractivity contribution in [2.24, 2.45) is 0 Å². The third-order valence-corrected chi connectivity index (χ3v) is 3.14. The first-order valence-corrected chi connectivity index (χ1v) is 5.66. The molecule has 0 aliphatic carbocycles. The number of aryl methyl sites for hydroxylation is 1. The number of nitrogens with one attached hydrogen (secondary N) is 1. The zero-order valence-electron chi connectivity index (χ0n) is 8.47. The van der Waals surface area contributed by atoms with Crippen molar-refractivity contribution in [2.75, 3.05) is 19.0 Å². The first-order chi connectivity index (χ1) is 7.22. The molecule has 2 rings (SSSR count). The van der Waals surface area contributed by atoms with Gasteiger partial charge in [0.05, 0.1) is 18.4 Å². The molecular formula is C11H12BrNO2. The maximum Gasteiger partial charge on any atom is 0.337 e. The Kier molecular flexibility index (Phi) is 2.95. The number of rotatable bonds is 1. The van der Waals surface area contributed by atoms with E-state index in [9.17, 15) is 4.79 Å². The fourth-order valence-electron chi connectivity index (χ4n) is 1.79. The van der Waals surface area contributed by atoms with Gasteiger partial charge in [0, 0.05) is 11.0 Å². The van der Waals surface area contributed by atoms with Gasteiger partial charge in [0.25, 0.3) is 0 Å². The number of hydrogen-bond donors (Lipinski definition) is 1. The summed E-state index contributed by atoms with van der Waals surface area (Å²) in [6.07, 6.45) is 2.11. The van der Waals surface area contributed by atoms with E-state index in [0.29, 0.717) is 5.56 Å². The SMILES string of the molecule is COC(=O)c1cc(Br)c2c(c1)CCCN2. The number of methoxy groups -OCH3 is 1. The second-order valence-corrected chi connectivity index (χ2v) is 4.37. The minimum Gasteiger partial charge on any atom is -0.465 e. The normalized spacial score (nSPS) is 14.0. The second kappa shape index (κ2) is 4.23. The Bertz CT molecular complexity index is 404. The molecular weight excluding hydrogens is 258 g/mol. The summed E-state index contributed by atoms with van der Waals surface area (Å²) in [5.41, 5.74) is 2.89. The van der Waals surface area contributed by atoms with Crippen LogP contribution in [0.25, 0.3) is 0 Å². The summed E-state index contributed by atoms with van der Waals surface area (Å²) in [5, 5.41) is 3.32. The monoisotopic (exact) mass is 269 g/mol. The van der Waals surface area contributed by atoms with Crippen molar-refractivity contribution in [1.29, 1.82) is 0 Å². The van der Waals surface area contributed by atoms with Gasteiger partial charge >= 0.3 is 5.97 Å². The molecule has 4 heteroatoms. The molecule has 0 fully saturated rings. The van der Waals surface area contributed by atoms with Crippen LogP contribution in [0.2, 0.25) is 0 Å². The molecule has 0 amide bonds. The van der Waals surface area contributed by atoms with Crippen molar-refractivity contribution in [3.63, 3.8) is 0 Å². The van der Waals surface area contributed by atoms with Crippen LogP contribution < -0.4 is 5.32 Å². The average Bonchev–Trinajstić information content (AvgIpc) is 2.28. The maximum absolute atomic E-state index is 11.4. The summed E-state index contributed by atoms with van der Waals surface area (Å²) >= 11 is 3.46. The number of carbonyl (C=O) groups excluding carboxylic acids is 1. The molecule has 0 saturated heterocycles. The number of halogens is 1. The Morgan fingerprint density at radius 2 is 2.33 bits per heavy atom. The van der Waals surface area contributed by atoms with Gasteiger partial charge < -0.3 is 10.1 Å². The minimum absolute atomic E-state index is 0.288. The number of carbonyl (C=O) groups is 1. The van der Waals surface area contributed by atoms with E-state index in [1.807, 2.05) is 6.07 Å². The molecule has 0 bridgehead atoms. The van der Waals surface area contributed by atoms with Gasteiger partial charge in [-0.2, -0.15) is 0 Å². The van der Waals surface area contributed by atoms with E-state index in [-0.39, 0.29) is 5.97 Å². The van der Waals surface area contributed by atoms with Crippen LogP contribution >= 0.6 is 15.9 Å². The van der Waals surface area contributed by atoms with E-state index >= 15 is 0 Å². The van der Waals surface area contributed by atoms with Gasteiger partial charge in [-0.1, -0.05) is 0 Å². The fourth-order valence-corrected chi connectivity index (χ4v) is 2.43. The first kappa shape index (κ1) is 10.5. The van der Waals surface area contributed by atoms with Crippen molar-refractivity contribution in [3.8, 4) is 0 Å². The highest BCUT2D eigenvalue weighted by molar-refractivity contribution is 9.10. The summed E-state index contributed by atoms with van der Waals surface area (Å²) in [6.45, 7) is 0.989. The van der Waals surface area contributed by atoms with Crippen molar-refractivity contribution in [3.05, 3.63) is 27.7 Å². The summed E-state index contributed by atoms with van der Waals surface area (Å²) in [4.78, 5) is 11.4. The summed E-state index contributed by atoms with van der Waals surface area (Å²) in [5.74, 6) is -0.288. The second-order valence-electron chi connectivity index (χ2n) is 3.51. The Morgan fingerprint density at radius 3 is 3.07 bits per heavy atom. The molecule has 1 aromatic carbocycles. The molecule has 0 saturated carbocycles. The number of anilines is 1. The van der Waals surface area contributed by atoms with Gasteiger partial charge in [0.2, 0.25) is 0 Å². The van der Waals surface area contributed by atoms with Crippen LogP contribution in [0.1, 0.15) is 22.3 Å². The summed E-state index contributed by atoms with van der Waals surface area (Å²) < 4.78 is 5.63. The van der Waals surface area contributed by atoms with Gasteiger partial charge in [0.15, 0.2) is 0 Å². The number of ether oxygens (including phenoxy) is 1. The quantitative estimate of drug-likeness (QED) is 0.797. The standard InChI is InChI=1S/C11H12BrNO2/c1-15-11(14)8-5-7-3-2-4-13-10(7)9(12)6-8/h5-6,13H,2-4H2,1H3. The molecule has 15 heavy (non-hydrogen) atoms. The van der Waals surface area contributed by atoms with Gasteiger partial charge in [0.1, 0.15) is 0 Å². The Balaban J connectivity index is 2.45. The van der Waals surface area contributed by atoms with Crippen LogP contribution in [0.3, 0.4) is 0 Å². The lowest BCUT2D eigenvalue weighted by molar-refractivity contribution is 0.0600. The van der Waals surface area contributed by atoms with Crippen LogP contribution in [-0.2, 0) is 11.2 Å². The smallest absolute Gasteiger partial charge is 0.337 e. The highest BCUT2D eigenvalue weighted by atomic mass is 79.9. The van der Waals surface area contributed by atoms with Crippen molar-refractivity contribution >= 4 is 27.6 Å². The Labute approximate surface area is 96.9 Å². The number of fused-ring (bicyclic) bond motifs is 1. The van der Waals surface area contributed by atoms with E-state index < -0.39 is 0 Å². The number of hydrogen-bond acceptors (Lipinski definition) is 3. The minimum atomic E-state index is -0.288. The van der Waals surface area contributed by atoms with Crippen LogP contribution in [0.5, 0.6) is 0 Å². The Hall–Kier alpha value is -1.03. The molecule has 0 unspecified atom stereocenters. The van der Waals surface area contributed by atoms with Crippen LogP contribution in [0.4, 0.5) is 5.69 Å². The fraction of sp³-hybridized carbons (Fsp3) is 0.364. The number of benzene rings is 1. The zero-order valence-corrected chi connectivity index (χ0v) is 10.1. The topological polar surface area (TPSA) is 38.3 Å². The maximum atomic E-state index is 11.4. The predicted octanol–water partition coefficient (Wildman–Crippen LogP) is 2.59. The lowest BCUT2D eigenvalue weighted by Crippen LogP contribution is -2.13. The van der Waals surface area contributed by atoms with Gasteiger partial charge in [-0.05, 0) is 46.5 Å². The van der Waals surface area contributed by atoms with Crippen molar-refractivity contribution in [1.82, 2.24) is 0 Å². The highest BCUT2D eigenvalue weighted by Gasteiger charge is 2.16. The van der Waals surface area contributed by atoms with E-state index in [4.69, 9.17) is 4.74 Å². The lowest BCUT2D eigenvalue weighted by Gasteiger charge is -2.20. The number of esters is 1. The molecule has 1 aromatic rings. The molecule has 3 nitrogen and oxygen atoms in total. The van der Waals surface area contributed by atoms with Crippen LogP contribution in [-0.4, -0.2) is 19.6 Å². The molecule has 0 aromatic heterocycles. The van der Waals surface area contributed by atoms with E-state index in [2.05, 4.69) is 21.2 Å². The average molecular weight is 270 g/mol. The summed E-state index contributed by atoms with van der Waals surface area (Å²) in [6, 6.07) is 3.70. The van der Waals surface area contributed by atoms with E-state index in [1.54, 1.807) is 6.07 Å². The van der Waals surface area contributed by atoms with Crippen molar-refractivity contribution < 1.29 is 9.53 Å². The molecule has 1 aliphatic rings. The molecule has 0 atom stereocenters. The van der Waals surface area contributed by atoms with Crippen molar-refractivity contribution in [2.45, 2.75) is 12.8 Å². The molecule has 1 N–H and O–H groups in total. The van der Waals surface area contributed by atoms with Gasteiger partial charge in [-0.25, -0.2) is 4.79 Å². The van der Waals surface area contributed by atoms with Crippen LogP contribution in [0.15, 0.2) is 16.6 Å². The third-order valence-electron chi connectivity index (χ3n) is 2.52. The highest BCUT2D eigenvalue weighted by Crippen LogP contribution is 2.31. The van der Waals surface area contributed by atoms with E-state index in [1.165, 1.54) is 12.7 Å². The third kappa shape index (κ3) is 2.00. The van der Waals surface area contributed by atoms with Gasteiger partial charge in [-0.3, -0.25) is 0 Å². The predicted molar refractivity (Wildman–Crippen MR) is 62.3 cm³/mol. The molecule has 1 aliphatic heterocycles. The lowest BCUT2D eigenvalue weighted by atomic mass is 10.0. The molecule has 0 spiro atoms.